The summed E-state index contributed by atoms with van der Waals surface area (Å²) in [6, 6.07) is 0.553. The van der Waals surface area contributed by atoms with Crippen molar-refractivity contribution < 1.29 is 9.53 Å². The number of hydrogen-bond acceptors (Lipinski definition) is 5. The molecule has 0 N–H and O–H groups in total. The van der Waals surface area contributed by atoms with E-state index in [0.29, 0.717) is 18.3 Å². The monoisotopic (exact) mass is 263 g/mol. The van der Waals surface area contributed by atoms with Crippen molar-refractivity contribution >= 4 is 17.3 Å². The van der Waals surface area contributed by atoms with Gasteiger partial charge in [0.1, 0.15) is 5.01 Å². The van der Waals surface area contributed by atoms with Crippen LogP contribution in [0.3, 0.4) is 0 Å². The quantitative estimate of drug-likeness (QED) is 0.795. The highest BCUT2D eigenvalue weighted by Gasteiger charge is 2.26. The van der Waals surface area contributed by atoms with E-state index in [1.54, 1.807) is 18.5 Å². The van der Waals surface area contributed by atoms with Gasteiger partial charge in [-0.3, -0.25) is 0 Å². The van der Waals surface area contributed by atoms with E-state index >= 15 is 0 Å². The first kappa shape index (κ1) is 11.4. The summed E-state index contributed by atoms with van der Waals surface area (Å²) < 4.78 is 7.06. The van der Waals surface area contributed by atoms with Crippen molar-refractivity contribution in [2.75, 3.05) is 6.61 Å². The number of imidazole rings is 1. The van der Waals surface area contributed by atoms with E-state index in [-0.39, 0.29) is 5.97 Å². The largest absolute Gasteiger partial charge is 0.461 e. The minimum absolute atomic E-state index is 0.363. The van der Waals surface area contributed by atoms with Crippen LogP contribution >= 0.6 is 11.3 Å². The molecule has 0 spiro atoms. The summed E-state index contributed by atoms with van der Waals surface area (Å²) in [7, 11) is 0. The van der Waals surface area contributed by atoms with Gasteiger partial charge >= 0.3 is 5.97 Å². The third-order valence-corrected chi connectivity index (χ3v) is 3.68. The highest BCUT2D eigenvalue weighted by molar-refractivity contribution is 7.13. The molecule has 2 heterocycles. The van der Waals surface area contributed by atoms with E-state index in [9.17, 15) is 4.79 Å². The molecule has 0 bridgehead atoms. The van der Waals surface area contributed by atoms with Gasteiger partial charge in [-0.05, 0) is 19.8 Å². The van der Waals surface area contributed by atoms with Gasteiger partial charge in [0.25, 0.3) is 0 Å². The summed E-state index contributed by atoms with van der Waals surface area (Å²) >= 11 is 1.45. The van der Waals surface area contributed by atoms with Gasteiger partial charge in [0.2, 0.25) is 0 Å². The van der Waals surface area contributed by atoms with E-state index in [1.807, 2.05) is 6.33 Å². The minimum atomic E-state index is -0.363. The number of nitrogens with zero attached hydrogens (tertiary/aromatic N) is 3. The fourth-order valence-corrected chi connectivity index (χ4v) is 2.61. The summed E-state index contributed by atoms with van der Waals surface area (Å²) in [4.78, 5) is 20.0. The number of carbonyl (C=O) groups excluding carboxylic acids is 1. The number of aromatic nitrogens is 3. The van der Waals surface area contributed by atoms with Crippen molar-refractivity contribution in [3.63, 3.8) is 0 Å². The third-order valence-electron chi connectivity index (χ3n) is 2.81. The Morgan fingerprint density at radius 1 is 1.61 bits per heavy atom. The van der Waals surface area contributed by atoms with Crippen LogP contribution in [0.25, 0.3) is 10.7 Å². The van der Waals surface area contributed by atoms with Crippen molar-refractivity contribution in [3.05, 3.63) is 23.6 Å². The molecule has 5 nitrogen and oxygen atoms in total. The average Bonchev–Trinajstić information content (AvgIpc) is 2.93. The highest BCUT2D eigenvalue weighted by Crippen LogP contribution is 2.38. The Hall–Kier alpha value is -1.69. The normalized spacial score (nSPS) is 14.7. The molecular weight excluding hydrogens is 250 g/mol. The maximum absolute atomic E-state index is 11.6. The predicted molar refractivity (Wildman–Crippen MR) is 67.6 cm³/mol. The van der Waals surface area contributed by atoms with Crippen LogP contribution in [0.4, 0.5) is 0 Å². The Morgan fingerprint density at radius 3 is 3.17 bits per heavy atom. The van der Waals surface area contributed by atoms with Gasteiger partial charge in [0, 0.05) is 11.4 Å². The number of thiazole rings is 1. The van der Waals surface area contributed by atoms with Crippen LogP contribution in [0, 0.1) is 0 Å². The van der Waals surface area contributed by atoms with Crippen LogP contribution in [0.5, 0.6) is 0 Å². The highest BCUT2D eigenvalue weighted by atomic mass is 32.1. The van der Waals surface area contributed by atoms with E-state index < -0.39 is 0 Å². The Bertz CT molecular complexity index is 571. The Labute approximate surface area is 108 Å². The van der Waals surface area contributed by atoms with Crippen molar-refractivity contribution in [1.82, 2.24) is 14.5 Å². The van der Waals surface area contributed by atoms with Crippen molar-refractivity contribution in [2.24, 2.45) is 0 Å². The van der Waals surface area contributed by atoms with E-state index in [4.69, 9.17) is 4.74 Å². The van der Waals surface area contributed by atoms with Gasteiger partial charge in [-0.15, -0.1) is 11.3 Å². The van der Waals surface area contributed by atoms with Gasteiger partial charge in [0.05, 0.1) is 24.8 Å². The summed E-state index contributed by atoms with van der Waals surface area (Å²) in [5, 5.41) is 2.56. The minimum Gasteiger partial charge on any atom is -0.461 e. The van der Waals surface area contributed by atoms with Crippen LogP contribution in [0.2, 0.25) is 0 Å². The molecule has 0 unspecified atom stereocenters. The Morgan fingerprint density at radius 2 is 2.44 bits per heavy atom. The molecule has 94 valence electrons. The van der Waals surface area contributed by atoms with Gasteiger partial charge in [0.15, 0.2) is 5.69 Å². The zero-order chi connectivity index (χ0) is 12.5. The van der Waals surface area contributed by atoms with Crippen LogP contribution in [0.1, 0.15) is 36.3 Å². The first-order valence-electron chi connectivity index (χ1n) is 5.94. The number of hydrogen-bond donors (Lipinski definition) is 0. The second kappa shape index (κ2) is 4.53. The molecule has 3 rings (SSSR count). The summed E-state index contributed by atoms with van der Waals surface area (Å²) in [6.45, 7) is 2.15. The zero-order valence-electron chi connectivity index (χ0n) is 10.00. The standard InChI is InChI=1S/C12H13N3O2S/c1-2-17-12(16)9-6-18-11(14-9)10-5-13-7-15(10)8-3-4-8/h5-8H,2-4H2,1H3. The van der Waals surface area contributed by atoms with Crippen LogP contribution in [-0.2, 0) is 4.74 Å². The van der Waals surface area contributed by atoms with Crippen LogP contribution < -0.4 is 0 Å². The van der Waals surface area contributed by atoms with Gasteiger partial charge in [-0.2, -0.15) is 0 Å². The van der Waals surface area contributed by atoms with E-state index in [0.717, 1.165) is 10.7 Å². The molecule has 0 aromatic carbocycles. The number of ether oxygens (including phenoxy) is 1. The second-order valence-corrected chi connectivity index (χ2v) is 5.03. The first-order chi connectivity index (χ1) is 8.79. The summed E-state index contributed by atoms with van der Waals surface area (Å²) in [5.74, 6) is -0.363. The van der Waals surface area contributed by atoms with Crippen LogP contribution in [0.15, 0.2) is 17.9 Å². The lowest BCUT2D eigenvalue weighted by atomic mass is 10.4. The van der Waals surface area contributed by atoms with Gasteiger partial charge < -0.3 is 9.30 Å². The SMILES string of the molecule is CCOC(=O)c1csc(-c2cncn2C2CC2)n1. The fourth-order valence-electron chi connectivity index (χ4n) is 1.80. The molecule has 0 atom stereocenters. The molecule has 1 fully saturated rings. The molecule has 0 aliphatic heterocycles. The Balaban J connectivity index is 1.88. The van der Waals surface area contributed by atoms with Crippen molar-refractivity contribution in [2.45, 2.75) is 25.8 Å². The second-order valence-electron chi connectivity index (χ2n) is 4.18. The lowest BCUT2D eigenvalue weighted by Gasteiger charge is -2.02. The van der Waals surface area contributed by atoms with Crippen LogP contribution in [-0.4, -0.2) is 27.1 Å². The third kappa shape index (κ3) is 2.03. The zero-order valence-corrected chi connectivity index (χ0v) is 10.8. The molecule has 0 amide bonds. The van der Waals surface area contributed by atoms with Crippen molar-refractivity contribution in [3.8, 4) is 10.7 Å². The molecule has 2 aromatic rings. The van der Waals surface area contributed by atoms with Gasteiger partial charge in [-0.25, -0.2) is 14.8 Å². The lowest BCUT2D eigenvalue weighted by Crippen LogP contribution is -2.04. The maximum Gasteiger partial charge on any atom is 0.357 e. The number of rotatable bonds is 4. The summed E-state index contributed by atoms with van der Waals surface area (Å²) in [5.41, 5.74) is 1.36. The molecular formula is C12H13N3O2S. The number of esters is 1. The maximum atomic E-state index is 11.6. The smallest absolute Gasteiger partial charge is 0.357 e. The van der Waals surface area contributed by atoms with E-state index in [1.165, 1.54) is 24.2 Å². The molecule has 2 aromatic heterocycles. The molecule has 1 saturated carbocycles. The topological polar surface area (TPSA) is 57.0 Å². The number of carbonyl (C=O) groups is 1. The first-order valence-corrected chi connectivity index (χ1v) is 6.82. The lowest BCUT2D eigenvalue weighted by molar-refractivity contribution is 0.0520. The molecule has 0 saturated heterocycles. The molecule has 1 aliphatic carbocycles. The van der Waals surface area contributed by atoms with Gasteiger partial charge in [-0.1, -0.05) is 0 Å². The Kier molecular flexibility index (Phi) is 2.87. The molecule has 0 radical (unpaired) electrons. The molecule has 1 aliphatic rings. The molecule has 6 heteroatoms. The molecule has 18 heavy (non-hydrogen) atoms. The summed E-state index contributed by atoms with van der Waals surface area (Å²) in [6.07, 6.45) is 6.02. The predicted octanol–water partition coefficient (Wildman–Crippen LogP) is 2.52. The van der Waals surface area contributed by atoms with E-state index in [2.05, 4.69) is 14.5 Å². The van der Waals surface area contributed by atoms with Crippen molar-refractivity contribution in [1.29, 1.82) is 0 Å². The average molecular weight is 263 g/mol. The fraction of sp³-hybridized carbons (Fsp3) is 0.417.